The molecule has 4 aromatic rings. The lowest BCUT2D eigenvalue weighted by molar-refractivity contribution is 0.586. The van der Waals surface area contributed by atoms with Gasteiger partial charge in [-0.2, -0.15) is 0 Å². The molecule has 0 amide bonds. The van der Waals surface area contributed by atoms with Crippen molar-refractivity contribution in [2.45, 2.75) is 67.2 Å². The van der Waals surface area contributed by atoms with Crippen LogP contribution in [-0.2, 0) is 5.41 Å². The van der Waals surface area contributed by atoms with E-state index in [9.17, 15) is 0 Å². The molecule has 0 fully saturated rings. The van der Waals surface area contributed by atoms with Gasteiger partial charge in [0.05, 0.1) is 5.69 Å². The maximum absolute atomic E-state index is 5.03. The largest absolute Gasteiger partial charge is 0.256 e. The lowest BCUT2D eigenvalue weighted by atomic mass is 9.73. The number of nitrogens with zero attached hydrogens (tertiary/aromatic N) is 1. The minimum Gasteiger partial charge on any atom is -0.256 e. The van der Waals surface area contributed by atoms with Crippen LogP contribution in [0.5, 0.6) is 0 Å². The quantitative estimate of drug-likeness (QED) is 0.291. The van der Waals surface area contributed by atoms with Crippen molar-refractivity contribution in [2.24, 2.45) is 5.92 Å². The molecule has 35 heavy (non-hydrogen) atoms. The van der Waals surface area contributed by atoms with Gasteiger partial charge in [-0.1, -0.05) is 64.1 Å². The Labute approximate surface area is 210 Å². The van der Waals surface area contributed by atoms with E-state index in [0.29, 0.717) is 5.92 Å². The number of aromatic nitrogens is 1. The molecular weight excluding hydrogens is 422 g/mol. The molecule has 3 aromatic carbocycles. The van der Waals surface area contributed by atoms with E-state index in [1.54, 1.807) is 0 Å². The topological polar surface area (TPSA) is 12.9 Å². The predicted octanol–water partition coefficient (Wildman–Crippen LogP) is 9.65. The molecule has 1 unspecified atom stereocenters. The van der Waals surface area contributed by atoms with E-state index in [2.05, 4.69) is 110 Å². The second kappa shape index (κ2) is 8.48. The fraction of sp³-hybridized carbons (Fsp3) is 0.324. The van der Waals surface area contributed by atoms with Crippen LogP contribution in [-0.4, -0.2) is 4.98 Å². The molecule has 5 rings (SSSR count). The summed E-state index contributed by atoms with van der Waals surface area (Å²) in [5, 5.41) is 5.17. The van der Waals surface area contributed by atoms with Gasteiger partial charge in [0.15, 0.2) is 0 Å². The Morgan fingerprint density at radius 2 is 1.60 bits per heavy atom. The summed E-state index contributed by atoms with van der Waals surface area (Å²) in [4.78, 5) is 5.03. The Kier molecular flexibility index (Phi) is 5.71. The highest BCUT2D eigenvalue weighted by Crippen LogP contribution is 2.45. The third-order valence-electron chi connectivity index (χ3n) is 8.04. The summed E-state index contributed by atoms with van der Waals surface area (Å²) >= 11 is 0. The number of hydrogen-bond acceptors (Lipinski definition) is 1. The van der Waals surface area contributed by atoms with Crippen LogP contribution in [0.3, 0.4) is 0 Å². The average molecular weight is 460 g/mol. The van der Waals surface area contributed by atoms with Gasteiger partial charge in [0.25, 0.3) is 0 Å². The highest BCUT2D eigenvalue weighted by molar-refractivity contribution is 6.03. The molecule has 1 atom stereocenters. The molecule has 1 nitrogen and oxygen atoms in total. The summed E-state index contributed by atoms with van der Waals surface area (Å²) in [7, 11) is 0. The van der Waals surface area contributed by atoms with E-state index >= 15 is 0 Å². The lowest BCUT2D eigenvalue weighted by Crippen LogP contribution is -2.18. The number of allylic oxidation sites excluding steroid dienone is 4. The van der Waals surface area contributed by atoms with Gasteiger partial charge in [-0.3, -0.25) is 4.98 Å². The zero-order valence-electron chi connectivity index (χ0n) is 22.5. The third kappa shape index (κ3) is 3.82. The fourth-order valence-electron chi connectivity index (χ4n) is 6.06. The molecule has 0 radical (unpaired) electrons. The van der Waals surface area contributed by atoms with E-state index in [1.807, 2.05) is 6.20 Å². The molecule has 0 bridgehead atoms. The van der Waals surface area contributed by atoms with Crippen molar-refractivity contribution < 1.29 is 0 Å². The van der Waals surface area contributed by atoms with Gasteiger partial charge >= 0.3 is 0 Å². The van der Waals surface area contributed by atoms with Crippen LogP contribution < -0.4 is 0 Å². The van der Waals surface area contributed by atoms with Crippen LogP contribution >= 0.6 is 0 Å². The molecule has 1 aromatic heterocycles. The van der Waals surface area contributed by atoms with Gasteiger partial charge < -0.3 is 0 Å². The fourth-order valence-corrected chi connectivity index (χ4v) is 6.06. The molecule has 1 heterocycles. The standard InChI is InChI=1S/C34H37N/c1-20-12-11-13-21(2)30(20)32-24(5)31-26(19-29(32)34(6,7)8)16-17-35-33(31)28-18-25-14-9-10-15-27(25)22(3)23(28)4/h9-12,14-19,21H,13H2,1-8H3. The van der Waals surface area contributed by atoms with Crippen molar-refractivity contribution in [3.8, 4) is 11.3 Å². The first-order chi connectivity index (χ1) is 16.6. The normalized spacial score (nSPS) is 16.5. The molecule has 0 aliphatic heterocycles. The van der Waals surface area contributed by atoms with Crippen molar-refractivity contribution in [1.29, 1.82) is 0 Å². The molecule has 0 saturated heterocycles. The summed E-state index contributed by atoms with van der Waals surface area (Å²) in [5.41, 5.74) is 12.2. The predicted molar refractivity (Wildman–Crippen MR) is 153 cm³/mol. The summed E-state index contributed by atoms with van der Waals surface area (Å²) < 4.78 is 0. The zero-order chi connectivity index (χ0) is 25.1. The number of benzene rings is 3. The Morgan fingerprint density at radius 1 is 0.857 bits per heavy atom. The summed E-state index contributed by atoms with van der Waals surface area (Å²) in [6, 6.07) is 15.7. The summed E-state index contributed by atoms with van der Waals surface area (Å²) in [6.07, 6.45) is 7.72. The number of rotatable bonds is 2. The Hall–Kier alpha value is -3.19. The van der Waals surface area contributed by atoms with Gasteiger partial charge in [-0.05, 0) is 119 Å². The van der Waals surface area contributed by atoms with E-state index in [1.165, 1.54) is 66.1 Å². The lowest BCUT2D eigenvalue weighted by Gasteiger charge is -2.31. The molecule has 0 saturated carbocycles. The minimum absolute atomic E-state index is 0.0430. The van der Waals surface area contributed by atoms with E-state index < -0.39 is 0 Å². The van der Waals surface area contributed by atoms with Crippen molar-refractivity contribution >= 4 is 27.1 Å². The van der Waals surface area contributed by atoms with Crippen LogP contribution in [0, 0.1) is 26.7 Å². The highest BCUT2D eigenvalue weighted by atomic mass is 14.7. The van der Waals surface area contributed by atoms with Crippen LogP contribution in [0.25, 0.3) is 38.4 Å². The number of pyridine rings is 1. The molecule has 178 valence electrons. The minimum atomic E-state index is 0.0430. The molecule has 0 N–H and O–H groups in total. The van der Waals surface area contributed by atoms with Crippen LogP contribution in [0.2, 0.25) is 0 Å². The Morgan fingerprint density at radius 3 is 2.31 bits per heavy atom. The summed E-state index contributed by atoms with van der Waals surface area (Å²) in [5.74, 6) is 0.502. The molecular formula is C34H37N. The Balaban J connectivity index is 1.92. The third-order valence-corrected chi connectivity index (χ3v) is 8.04. The molecule has 0 spiro atoms. The monoisotopic (exact) mass is 459 g/mol. The molecule has 1 aliphatic rings. The first-order valence-corrected chi connectivity index (χ1v) is 12.9. The van der Waals surface area contributed by atoms with Gasteiger partial charge in [0.1, 0.15) is 0 Å². The molecule has 1 heteroatoms. The van der Waals surface area contributed by atoms with Crippen molar-refractivity contribution in [3.05, 3.63) is 94.2 Å². The first kappa shape index (κ1) is 23.5. The zero-order valence-corrected chi connectivity index (χ0v) is 22.5. The highest BCUT2D eigenvalue weighted by Gasteiger charge is 2.28. The number of fused-ring (bicyclic) bond motifs is 2. The van der Waals surface area contributed by atoms with Crippen LogP contribution in [0.15, 0.2) is 66.4 Å². The maximum atomic E-state index is 5.03. The van der Waals surface area contributed by atoms with Gasteiger partial charge in [-0.15, -0.1) is 0 Å². The number of hydrogen-bond donors (Lipinski definition) is 0. The van der Waals surface area contributed by atoms with Gasteiger partial charge in [0.2, 0.25) is 0 Å². The summed E-state index contributed by atoms with van der Waals surface area (Å²) in [6.45, 7) is 18.5. The molecule has 1 aliphatic carbocycles. The van der Waals surface area contributed by atoms with E-state index in [4.69, 9.17) is 4.98 Å². The second-order valence-electron chi connectivity index (χ2n) is 11.5. The average Bonchev–Trinajstić information content (AvgIpc) is 2.81. The number of aryl methyl sites for hydroxylation is 2. The van der Waals surface area contributed by atoms with Crippen molar-refractivity contribution in [1.82, 2.24) is 4.98 Å². The second-order valence-corrected chi connectivity index (χ2v) is 11.5. The van der Waals surface area contributed by atoms with E-state index in [0.717, 1.165) is 12.1 Å². The van der Waals surface area contributed by atoms with Crippen LogP contribution in [0.4, 0.5) is 0 Å². The SMILES string of the molecule is CC1=C(c2c(C(C)(C)C)cc3ccnc(-c4cc5ccccc5c(C)c4C)c3c2C)C(C)CC=C1. The smallest absolute Gasteiger partial charge is 0.0786 e. The Bertz CT molecular complexity index is 1540. The van der Waals surface area contributed by atoms with Gasteiger partial charge in [-0.25, -0.2) is 0 Å². The van der Waals surface area contributed by atoms with Crippen molar-refractivity contribution in [2.75, 3.05) is 0 Å². The van der Waals surface area contributed by atoms with E-state index in [-0.39, 0.29) is 5.41 Å². The van der Waals surface area contributed by atoms with Crippen molar-refractivity contribution in [3.63, 3.8) is 0 Å². The maximum Gasteiger partial charge on any atom is 0.0786 e. The van der Waals surface area contributed by atoms with Gasteiger partial charge in [0, 0.05) is 17.1 Å². The first-order valence-electron chi connectivity index (χ1n) is 12.9. The van der Waals surface area contributed by atoms with Crippen LogP contribution in [0.1, 0.15) is 68.9 Å².